The Labute approximate surface area is 198 Å². The van der Waals surface area contributed by atoms with Crippen molar-refractivity contribution in [2.24, 2.45) is 5.92 Å². The molecule has 2 amide bonds. The van der Waals surface area contributed by atoms with Crippen molar-refractivity contribution >= 4 is 34.7 Å². The number of carbonyl (C=O) groups excluding carboxylic acids is 3. The van der Waals surface area contributed by atoms with Gasteiger partial charge >= 0.3 is 11.9 Å². The minimum atomic E-state index is -1.10. The summed E-state index contributed by atoms with van der Waals surface area (Å²) in [7, 11) is 1.23. The number of hydrogen-bond acceptors (Lipinski definition) is 6. The molecule has 0 bridgehead atoms. The van der Waals surface area contributed by atoms with Gasteiger partial charge in [-0.1, -0.05) is 32.0 Å². The molecule has 2 aromatic rings. The highest BCUT2D eigenvalue weighted by atomic mass is 16.5. The van der Waals surface area contributed by atoms with Gasteiger partial charge in [0.2, 0.25) is 11.8 Å². The first-order chi connectivity index (χ1) is 16.0. The minimum absolute atomic E-state index is 0.0717. The van der Waals surface area contributed by atoms with Crippen molar-refractivity contribution in [3.63, 3.8) is 0 Å². The zero-order valence-corrected chi connectivity index (χ0v) is 20.2. The molecule has 34 heavy (non-hydrogen) atoms. The van der Waals surface area contributed by atoms with E-state index in [-0.39, 0.29) is 12.3 Å². The molecule has 1 aromatic carbocycles. The summed E-state index contributed by atoms with van der Waals surface area (Å²) in [4.78, 5) is 52.4. The lowest BCUT2D eigenvalue weighted by Crippen LogP contribution is -2.57. The number of amides is 2. The first-order valence-electron chi connectivity index (χ1n) is 11.3. The van der Waals surface area contributed by atoms with Gasteiger partial charge in [0.05, 0.1) is 13.2 Å². The highest BCUT2D eigenvalue weighted by molar-refractivity contribution is 5.93. The molecule has 0 fully saturated rings. The summed E-state index contributed by atoms with van der Waals surface area (Å²) < 4.78 is 4.64. The van der Waals surface area contributed by atoms with Gasteiger partial charge in [-0.05, 0) is 44.2 Å². The molecule has 1 heterocycles. The van der Waals surface area contributed by atoms with E-state index >= 15 is 0 Å². The number of esters is 1. The third-order valence-electron chi connectivity index (χ3n) is 5.49. The molecular weight excluding hydrogens is 440 g/mol. The molecule has 0 saturated carbocycles. The summed E-state index contributed by atoms with van der Waals surface area (Å²) in [6, 6.07) is 3.91. The van der Waals surface area contributed by atoms with Gasteiger partial charge < -0.3 is 25.5 Å². The van der Waals surface area contributed by atoms with Crippen LogP contribution in [0, 0.1) is 5.92 Å². The van der Waals surface area contributed by atoms with Crippen LogP contribution >= 0.6 is 0 Å². The molecule has 4 atom stereocenters. The van der Waals surface area contributed by atoms with Crippen LogP contribution in [0.25, 0.3) is 10.9 Å². The van der Waals surface area contributed by atoms with E-state index in [9.17, 15) is 24.3 Å². The number of carboxylic acid groups (broad SMARTS) is 1. The zero-order valence-electron chi connectivity index (χ0n) is 20.2. The van der Waals surface area contributed by atoms with Crippen LogP contribution in [0.15, 0.2) is 30.5 Å². The maximum Gasteiger partial charge on any atom is 0.328 e. The van der Waals surface area contributed by atoms with Crippen LogP contribution in [0.3, 0.4) is 0 Å². The van der Waals surface area contributed by atoms with Crippen LogP contribution in [0.5, 0.6) is 0 Å². The monoisotopic (exact) mass is 474 g/mol. The maximum absolute atomic E-state index is 13.3. The van der Waals surface area contributed by atoms with E-state index in [1.54, 1.807) is 6.20 Å². The molecule has 0 spiro atoms. The van der Waals surface area contributed by atoms with Gasteiger partial charge in [-0.2, -0.15) is 0 Å². The number of nitrogens with one attached hydrogen (secondary N) is 4. The Balaban J connectivity index is 2.24. The highest BCUT2D eigenvalue weighted by Crippen LogP contribution is 2.19. The van der Waals surface area contributed by atoms with Crippen molar-refractivity contribution in [1.82, 2.24) is 20.9 Å². The zero-order chi connectivity index (χ0) is 25.4. The fraction of sp³-hybridized carbons (Fsp3) is 0.500. The molecule has 0 aliphatic heterocycles. The van der Waals surface area contributed by atoms with E-state index in [0.717, 1.165) is 16.5 Å². The number of rotatable bonds is 12. The number of aromatic nitrogens is 1. The van der Waals surface area contributed by atoms with Gasteiger partial charge in [0.25, 0.3) is 0 Å². The van der Waals surface area contributed by atoms with Crippen LogP contribution in [0.2, 0.25) is 0 Å². The van der Waals surface area contributed by atoms with Gasteiger partial charge in [-0.3, -0.25) is 19.7 Å². The maximum atomic E-state index is 13.3. The number of hydrogen-bond donors (Lipinski definition) is 5. The van der Waals surface area contributed by atoms with Crippen LogP contribution in [0.4, 0.5) is 0 Å². The van der Waals surface area contributed by atoms with Crippen molar-refractivity contribution in [2.75, 3.05) is 7.11 Å². The van der Waals surface area contributed by atoms with Crippen LogP contribution in [-0.2, 0) is 30.3 Å². The standard InChI is InChI=1S/C24H34N4O6/c1-13(2)10-19(21(29)27-15(4)24(33)34-5)28-22(30)20(26-14(3)23(31)32)11-16-12-25-18-9-7-6-8-17(16)18/h6-9,12-15,19-20,25-26H,10-11H2,1-5H3,(H,27,29)(H,28,30)(H,31,32)/t14?,15-,19+,20+/m1/s1. The summed E-state index contributed by atoms with van der Waals surface area (Å²) in [5, 5.41) is 18.5. The number of para-hydroxylation sites is 1. The van der Waals surface area contributed by atoms with Crippen LogP contribution in [-0.4, -0.2) is 65.1 Å². The number of methoxy groups -OCH3 is 1. The molecular formula is C24H34N4O6. The fourth-order valence-electron chi connectivity index (χ4n) is 3.65. The lowest BCUT2D eigenvalue weighted by atomic mass is 10.00. The Kier molecular flexibility index (Phi) is 9.61. The molecule has 10 heteroatoms. The number of carbonyl (C=O) groups is 4. The van der Waals surface area contributed by atoms with Crippen molar-refractivity contribution < 1.29 is 29.0 Å². The summed E-state index contributed by atoms with van der Waals surface area (Å²) in [6.45, 7) is 6.76. The number of fused-ring (bicyclic) bond motifs is 1. The number of ether oxygens (including phenoxy) is 1. The summed E-state index contributed by atoms with van der Waals surface area (Å²) in [5.74, 6) is -2.65. The van der Waals surface area contributed by atoms with E-state index in [1.165, 1.54) is 21.0 Å². The van der Waals surface area contributed by atoms with Crippen LogP contribution < -0.4 is 16.0 Å². The Hall–Kier alpha value is -3.40. The second-order valence-corrected chi connectivity index (χ2v) is 8.79. The van der Waals surface area contributed by atoms with Crippen molar-refractivity contribution in [1.29, 1.82) is 0 Å². The van der Waals surface area contributed by atoms with Gasteiger partial charge in [0, 0.05) is 17.1 Å². The fourth-order valence-corrected chi connectivity index (χ4v) is 3.65. The van der Waals surface area contributed by atoms with E-state index < -0.39 is 47.9 Å². The first-order valence-corrected chi connectivity index (χ1v) is 11.3. The van der Waals surface area contributed by atoms with Crippen molar-refractivity contribution in [3.8, 4) is 0 Å². The summed E-state index contributed by atoms with van der Waals surface area (Å²) >= 11 is 0. The van der Waals surface area contributed by atoms with E-state index in [0.29, 0.717) is 6.42 Å². The normalized spacial score (nSPS) is 14.8. The molecule has 0 aliphatic carbocycles. The quantitative estimate of drug-likeness (QED) is 0.291. The second kappa shape index (κ2) is 12.2. The predicted octanol–water partition coefficient (Wildman–Crippen LogP) is 1.35. The molecule has 5 N–H and O–H groups in total. The third-order valence-corrected chi connectivity index (χ3v) is 5.49. The SMILES string of the molecule is COC(=O)[C@@H](C)NC(=O)[C@H](CC(C)C)NC(=O)[C@H](Cc1c[nH]c2ccccc12)NC(C)C(=O)O. The molecule has 1 unspecified atom stereocenters. The molecule has 0 saturated heterocycles. The Morgan fingerprint density at radius 1 is 0.971 bits per heavy atom. The number of H-pyrrole nitrogens is 1. The lowest BCUT2D eigenvalue weighted by Gasteiger charge is -2.26. The van der Waals surface area contributed by atoms with E-state index in [4.69, 9.17) is 0 Å². The number of benzene rings is 1. The average Bonchev–Trinajstić information content (AvgIpc) is 3.19. The van der Waals surface area contributed by atoms with Gasteiger partial charge in [0.1, 0.15) is 18.1 Å². The molecule has 1 aromatic heterocycles. The average molecular weight is 475 g/mol. The smallest absolute Gasteiger partial charge is 0.328 e. The predicted molar refractivity (Wildman–Crippen MR) is 127 cm³/mol. The summed E-state index contributed by atoms with van der Waals surface area (Å²) in [5.41, 5.74) is 1.74. The summed E-state index contributed by atoms with van der Waals surface area (Å²) in [6.07, 6.45) is 2.33. The molecule has 2 rings (SSSR count). The Bertz CT molecular complexity index is 1020. The van der Waals surface area contributed by atoms with Gasteiger partial charge in [-0.15, -0.1) is 0 Å². The second-order valence-electron chi connectivity index (χ2n) is 8.79. The highest BCUT2D eigenvalue weighted by Gasteiger charge is 2.30. The number of carboxylic acids is 1. The van der Waals surface area contributed by atoms with Crippen molar-refractivity contribution in [2.45, 2.75) is 64.7 Å². The van der Waals surface area contributed by atoms with E-state index in [2.05, 4.69) is 25.7 Å². The van der Waals surface area contributed by atoms with E-state index in [1.807, 2.05) is 38.1 Å². The largest absolute Gasteiger partial charge is 0.480 e. The van der Waals surface area contributed by atoms with Gasteiger partial charge in [0.15, 0.2) is 0 Å². The first kappa shape index (κ1) is 26.8. The Morgan fingerprint density at radius 2 is 1.62 bits per heavy atom. The molecule has 10 nitrogen and oxygen atoms in total. The number of aliphatic carboxylic acids is 1. The van der Waals surface area contributed by atoms with Crippen molar-refractivity contribution in [3.05, 3.63) is 36.0 Å². The minimum Gasteiger partial charge on any atom is -0.480 e. The van der Waals surface area contributed by atoms with Gasteiger partial charge in [-0.25, -0.2) is 4.79 Å². The third kappa shape index (κ3) is 7.31. The van der Waals surface area contributed by atoms with Crippen LogP contribution in [0.1, 0.15) is 39.7 Å². The topological polar surface area (TPSA) is 150 Å². The molecule has 0 aliphatic rings. The Morgan fingerprint density at radius 3 is 2.24 bits per heavy atom. The number of aromatic amines is 1. The lowest BCUT2D eigenvalue weighted by molar-refractivity contribution is -0.144. The molecule has 0 radical (unpaired) electrons. The molecule has 186 valence electrons.